The third-order valence-corrected chi connectivity index (χ3v) is 2.31. The molecule has 0 aliphatic heterocycles. The average Bonchev–Trinajstić information content (AvgIpc) is 1.84. The van der Waals surface area contributed by atoms with E-state index in [4.69, 9.17) is 11.6 Å². The van der Waals surface area contributed by atoms with Crippen molar-refractivity contribution in [1.82, 2.24) is 5.32 Å². The minimum absolute atomic E-state index is 0.690. The van der Waals surface area contributed by atoms with Crippen molar-refractivity contribution >= 4 is 11.6 Å². The van der Waals surface area contributed by atoms with Crippen LogP contribution in [0, 0.1) is 5.92 Å². The van der Waals surface area contributed by atoms with E-state index in [1.54, 1.807) is 0 Å². The van der Waals surface area contributed by atoms with Gasteiger partial charge in [0, 0.05) is 17.6 Å². The maximum absolute atomic E-state index is 5.59. The molecule has 0 aromatic carbocycles. The molecular weight excluding hydrogens is 146 g/mol. The van der Waals surface area contributed by atoms with Gasteiger partial charge in [-0.05, 0) is 18.8 Å². The first kappa shape index (κ1) is 8.09. The maximum Gasteiger partial charge on any atom is 0.0310 e. The van der Waals surface area contributed by atoms with E-state index in [9.17, 15) is 0 Å². The molecule has 0 bridgehead atoms. The van der Waals surface area contributed by atoms with E-state index >= 15 is 0 Å². The van der Waals surface area contributed by atoms with Gasteiger partial charge in [0.2, 0.25) is 0 Å². The van der Waals surface area contributed by atoms with Gasteiger partial charge >= 0.3 is 0 Å². The van der Waals surface area contributed by atoms with E-state index in [-0.39, 0.29) is 0 Å². The van der Waals surface area contributed by atoms with E-state index in [1.807, 2.05) is 0 Å². The van der Waals surface area contributed by atoms with Crippen molar-refractivity contribution < 1.29 is 0 Å². The highest BCUT2D eigenvalue weighted by atomic mass is 35.5. The summed E-state index contributed by atoms with van der Waals surface area (Å²) in [5.41, 5.74) is 0. The van der Waals surface area contributed by atoms with Crippen molar-refractivity contribution in [1.29, 1.82) is 0 Å². The lowest BCUT2D eigenvalue weighted by atomic mass is 9.81. The lowest BCUT2D eigenvalue weighted by Gasteiger charge is -2.34. The summed E-state index contributed by atoms with van der Waals surface area (Å²) in [7, 11) is 0. The van der Waals surface area contributed by atoms with Crippen LogP contribution in [0.3, 0.4) is 0 Å². The van der Waals surface area contributed by atoms with E-state index in [0.29, 0.717) is 11.1 Å². The van der Waals surface area contributed by atoms with Crippen LogP contribution in [0.2, 0.25) is 0 Å². The highest BCUT2D eigenvalue weighted by Gasteiger charge is 2.25. The molecule has 1 rings (SSSR count). The van der Waals surface area contributed by atoms with Crippen molar-refractivity contribution in [2.45, 2.75) is 25.8 Å². The van der Waals surface area contributed by atoms with Gasteiger partial charge in [-0.1, -0.05) is 25.1 Å². The van der Waals surface area contributed by atoms with Gasteiger partial charge in [0.1, 0.15) is 0 Å². The molecule has 0 aromatic heterocycles. The third kappa shape index (κ3) is 1.99. The van der Waals surface area contributed by atoms with E-state index in [2.05, 4.69) is 18.8 Å². The summed E-state index contributed by atoms with van der Waals surface area (Å²) in [6, 6.07) is 0.690. The van der Waals surface area contributed by atoms with Crippen LogP contribution in [-0.2, 0) is 0 Å². The Labute approximate surface area is 67.5 Å². The van der Waals surface area contributed by atoms with E-state index in [1.165, 1.54) is 12.8 Å². The number of hydrogen-bond acceptors (Lipinski definition) is 1. The Bertz CT molecular complexity index is 133. The molecule has 1 nitrogen and oxygen atoms in total. The van der Waals surface area contributed by atoms with Gasteiger partial charge in [0.05, 0.1) is 0 Å². The fourth-order valence-corrected chi connectivity index (χ4v) is 1.29. The molecule has 58 valence electrons. The molecule has 2 atom stereocenters. The monoisotopic (exact) mass is 159 g/mol. The molecule has 0 spiro atoms. The summed E-state index contributed by atoms with van der Waals surface area (Å²) in [6.45, 7) is 6.64. The van der Waals surface area contributed by atoms with Crippen LogP contribution in [0.1, 0.15) is 19.8 Å². The first-order chi connectivity index (χ1) is 4.70. The van der Waals surface area contributed by atoms with E-state index in [0.717, 1.165) is 12.5 Å². The fraction of sp³-hybridized carbons (Fsp3) is 0.750. The summed E-state index contributed by atoms with van der Waals surface area (Å²) in [5, 5.41) is 4.04. The predicted molar refractivity (Wildman–Crippen MR) is 45.2 cm³/mol. The Morgan fingerprint density at radius 2 is 2.40 bits per heavy atom. The van der Waals surface area contributed by atoms with Gasteiger partial charge in [-0.3, -0.25) is 0 Å². The molecule has 0 radical (unpaired) electrons. The molecule has 2 unspecified atom stereocenters. The second kappa shape index (κ2) is 3.40. The molecule has 1 N–H and O–H groups in total. The average molecular weight is 160 g/mol. The van der Waals surface area contributed by atoms with Crippen LogP contribution in [0.15, 0.2) is 11.6 Å². The fourth-order valence-electron chi connectivity index (χ4n) is 1.21. The van der Waals surface area contributed by atoms with Crippen LogP contribution in [0.5, 0.6) is 0 Å². The molecule has 10 heavy (non-hydrogen) atoms. The van der Waals surface area contributed by atoms with Gasteiger partial charge in [-0.2, -0.15) is 0 Å². The van der Waals surface area contributed by atoms with Crippen molar-refractivity contribution in [3.05, 3.63) is 11.6 Å². The molecule has 1 saturated carbocycles. The topological polar surface area (TPSA) is 12.0 Å². The summed E-state index contributed by atoms with van der Waals surface area (Å²) >= 11 is 5.59. The van der Waals surface area contributed by atoms with Gasteiger partial charge in [0.25, 0.3) is 0 Å². The number of halogens is 1. The Balaban J connectivity index is 2.08. The van der Waals surface area contributed by atoms with Crippen molar-refractivity contribution in [3.8, 4) is 0 Å². The Hall–Kier alpha value is -0.0100. The van der Waals surface area contributed by atoms with Crippen LogP contribution in [0.25, 0.3) is 0 Å². The number of hydrogen-bond donors (Lipinski definition) is 1. The molecule has 0 amide bonds. The SMILES string of the molecule is C=C(Cl)CNC1CCC1C. The Morgan fingerprint density at radius 1 is 1.70 bits per heavy atom. The highest BCUT2D eigenvalue weighted by molar-refractivity contribution is 6.29. The third-order valence-electron chi connectivity index (χ3n) is 2.18. The van der Waals surface area contributed by atoms with Gasteiger partial charge in [-0.15, -0.1) is 0 Å². The molecule has 0 heterocycles. The molecule has 1 aliphatic rings. The van der Waals surface area contributed by atoms with Gasteiger partial charge < -0.3 is 5.32 Å². The van der Waals surface area contributed by atoms with Gasteiger partial charge in [-0.25, -0.2) is 0 Å². The second-order valence-electron chi connectivity index (χ2n) is 3.06. The van der Waals surface area contributed by atoms with Crippen molar-refractivity contribution in [2.75, 3.05) is 6.54 Å². The van der Waals surface area contributed by atoms with Crippen LogP contribution < -0.4 is 5.32 Å². The zero-order chi connectivity index (χ0) is 7.56. The zero-order valence-electron chi connectivity index (χ0n) is 6.36. The number of rotatable bonds is 3. The lowest BCUT2D eigenvalue weighted by molar-refractivity contribution is 0.236. The van der Waals surface area contributed by atoms with Gasteiger partial charge in [0.15, 0.2) is 0 Å². The summed E-state index contributed by atoms with van der Waals surface area (Å²) in [4.78, 5) is 0. The molecule has 0 aromatic rings. The Morgan fingerprint density at radius 3 is 2.70 bits per heavy atom. The van der Waals surface area contributed by atoms with Crippen LogP contribution >= 0.6 is 11.6 Å². The summed E-state index contributed by atoms with van der Waals surface area (Å²) in [6.07, 6.45) is 2.65. The standard InChI is InChI=1S/C8H14ClN/c1-6-3-4-8(6)10-5-7(2)9/h6,8,10H,2-5H2,1H3. The minimum Gasteiger partial charge on any atom is -0.309 e. The largest absolute Gasteiger partial charge is 0.309 e. The molecule has 2 heteroatoms. The summed E-state index contributed by atoms with van der Waals surface area (Å²) < 4.78 is 0. The summed E-state index contributed by atoms with van der Waals surface area (Å²) in [5.74, 6) is 0.830. The molecule has 1 aliphatic carbocycles. The zero-order valence-corrected chi connectivity index (χ0v) is 7.12. The highest BCUT2D eigenvalue weighted by Crippen LogP contribution is 2.26. The Kier molecular flexibility index (Phi) is 2.75. The maximum atomic E-state index is 5.59. The van der Waals surface area contributed by atoms with Crippen molar-refractivity contribution in [2.24, 2.45) is 5.92 Å². The molecule has 1 fully saturated rings. The predicted octanol–water partition coefficient (Wildman–Crippen LogP) is 2.13. The normalized spacial score (nSPS) is 31.4. The smallest absolute Gasteiger partial charge is 0.0310 e. The van der Waals surface area contributed by atoms with Crippen LogP contribution in [-0.4, -0.2) is 12.6 Å². The molecular formula is C8H14ClN. The number of nitrogens with one attached hydrogen (secondary N) is 1. The molecule has 0 saturated heterocycles. The lowest BCUT2D eigenvalue weighted by Crippen LogP contribution is -2.42. The quantitative estimate of drug-likeness (QED) is 0.666. The first-order valence-electron chi connectivity index (χ1n) is 3.77. The van der Waals surface area contributed by atoms with E-state index < -0.39 is 0 Å². The van der Waals surface area contributed by atoms with Crippen molar-refractivity contribution in [3.63, 3.8) is 0 Å². The van der Waals surface area contributed by atoms with Crippen LogP contribution in [0.4, 0.5) is 0 Å². The minimum atomic E-state index is 0.690. The second-order valence-corrected chi connectivity index (χ2v) is 3.59. The first-order valence-corrected chi connectivity index (χ1v) is 4.14.